The van der Waals surface area contributed by atoms with Gasteiger partial charge in [-0.15, -0.1) is 0 Å². The van der Waals surface area contributed by atoms with Crippen LogP contribution in [0.1, 0.15) is 6.92 Å². The fourth-order valence-corrected chi connectivity index (χ4v) is 1.23. The van der Waals surface area contributed by atoms with Gasteiger partial charge >= 0.3 is 0 Å². The molecule has 1 aliphatic heterocycles. The lowest BCUT2D eigenvalue weighted by Crippen LogP contribution is -2.30. The fourth-order valence-electron chi connectivity index (χ4n) is 1.23. The first-order valence-electron chi connectivity index (χ1n) is 3.81. The van der Waals surface area contributed by atoms with Crippen LogP contribution in [-0.4, -0.2) is 17.6 Å². The molecule has 0 unspecified atom stereocenters. The highest BCUT2D eigenvalue weighted by molar-refractivity contribution is 5.66. The number of hydrogen-bond acceptors (Lipinski definition) is 3. The number of aromatic nitrogens is 1. The van der Waals surface area contributed by atoms with Crippen LogP contribution in [0.15, 0.2) is 18.3 Å². The summed E-state index contributed by atoms with van der Waals surface area (Å²) in [5.41, 5.74) is 1.10. The second kappa shape index (κ2) is 2.42. The van der Waals surface area contributed by atoms with Gasteiger partial charge in [-0.05, 0) is 19.1 Å². The van der Waals surface area contributed by atoms with Crippen molar-refractivity contribution in [2.75, 3.05) is 17.2 Å². The fraction of sp³-hybridized carbons (Fsp3) is 0.375. The maximum atomic E-state index is 4.18. The summed E-state index contributed by atoms with van der Waals surface area (Å²) in [4.78, 5) is 4.18. The summed E-state index contributed by atoms with van der Waals surface area (Å²) in [7, 11) is 0. The van der Waals surface area contributed by atoms with Crippen LogP contribution in [-0.2, 0) is 0 Å². The second-order valence-corrected chi connectivity index (χ2v) is 2.83. The predicted molar refractivity (Wildman–Crippen MR) is 45.8 cm³/mol. The molecule has 1 atom stereocenters. The van der Waals surface area contributed by atoms with Crippen molar-refractivity contribution in [1.29, 1.82) is 0 Å². The van der Waals surface area contributed by atoms with Crippen molar-refractivity contribution in [2.24, 2.45) is 0 Å². The van der Waals surface area contributed by atoms with Gasteiger partial charge in [-0.2, -0.15) is 0 Å². The van der Waals surface area contributed by atoms with E-state index in [0.29, 0.717) is 6.04 Å². The molecule has 0 saturated carbocycles. The van der Waals surface area contributed by atoms with Gasteiger partial charge in [-0.3, -0.25) is 0 Å². The van der Waals surface area contributed by atoms with Crippen LogP contribution in [0.2, 0.25) is 0 Å². The van der Waals surface area contributed by atoms with Crippen LogP contribution in [0.3, 0.4) is 0 Å². The number of fused-ring (bicyclic) bond motifs is 1. The van der Waals surface area contributed by atoms with E-state index in [2.05, 4.69) is 22.5 Å². The summed E-state index contributed by atoms with van der Waals surface area (Å²) in [6.45, 7) is 3.09. The molecule has 0 aliphatic carbocycles. The molecule has 0 radical (unpaired) electrons. The zero-order chi connectivity index (χ0) is 7.68. The number of anilines is 2. The molecular formula is C8H11N3. The third-order valence-corrected chi connectivity index (χ3v) is 1.79. The minimum Gasteiger partial charge on any atom is -0.378 e. The zero-order valence-corrected chi connectivity index (χ0v) is 6.46. The second-order valence-electron chi connectivity index (χ2n) is 2.83. The Labute approximate surface area is 65.8 Å². The third-order valence-electron chi connectivity index (χ3n) is 1.79. The molecule has 0 fully saturated rings. The van der Waals surface area contributed by atoms with Gasteiger partial charge in [0, 0.05) is 18.8 Å². The lowest BCUT2D eigenvalue weighted by molar-refractivity contribution is 0.810. The van der Waals surface area contributed by atoms with Crippen molar-refractivity contribution in [3.8, 4) is 0 Å². The highest BCUT2D eigenvalue weighted by Gasteiger charge is 2.12. The highest BCUT2D eigenvalue weighted by Crippen LogP contribution is 2.21. The van der Waals surface area contributed by atoms with Crippen molar-refractivity contribution < 1.29 is 0 Å². The molecule has 2 N–H and O–H groups in total. The van der Waals surface area contributed by atoms with Crippen LogP contribution >= 0.6 is 0 Å². The Bertz CT molecular complexity index is 259. The van der Waals surface area contributed by atoms with Crippen LogP contribution in [0.4, 0.5) is 11.5 Å². The Kier molecular flexibility index (Phi) is 1.42. The van der Waals surface area contributed by atoms with E-state index in [-0.39, 0.29) is 0 Å². The van der Waals surface area contributed by atoms with Crippen molar-refractivity contribution >= 4 is 11.5 Å². The summed E-state index contributed by atoms with van der Waals surface area (Å²) in [6.07, 6.45) is 1.80. The molecule has 0 spiro atoms. The topological polar surface area (TPSA) is 37.0 Å². The van der Waals surface area contributed by atoms with Crippen LogP contribution in [0, 0.1) is 0 Å². The zero-order valence-electron chi connectivity index (χ0n) is 6.46. The van der Waals surface area contributed by atoms with Gasteiger partial charge in [0.05, 0.1) is 5.69 Å². The first-order valence-corrected chi connectivity index (χ1v) is 3.81. The normalized spacial score (nSPS) is 21.4. The van der Waals surface area contributed by atoms with Crippen molar-refractivity contribution in [1.82, 2.24) is 4.98 Å². The molecule has 0 bridgehead atoms. The maximum Gasteiger partial charge on any atom is 0.149 e. The Balaban J connectivity index is 2.34. The Morgan fingerprint density at radius 1 is 1.64 bits per heavy atom. The lowest BCUT2D eigenvalue weighted by Gasteiger charge is -2.24. The van der Waals surface area contributed by atoms with Gasteiger partial charge in [-0.25, -0.2) is 4.98 Å². The van der Waals surface area contributed by atoms with E-state index in [4.69, 9.17) is 0 Å². The molecular weight excluding hydrogens is 138 g/mol. The first-order chi connectivity index (χ1) is 5.36. The number of rotatable bonds is 0. The monoisotopic (exact) mass is 149 g/mol. The largest absolute Gasteiger partial charge is 0.378 e. The molecule has 0 aromatic carbocycles. The van der Waals surface area contributed by atoms with E-state index < -0.39 is 0 Å². The first kappa shape index (κ1) is 6.46. The number of nitrogens with one attached hydrogen (secondary N) is 2. The molecule has 1 aliphatic rings. The quantitative estimate of drug-likeness (QED) is 0.584. The number of pyridine rings is 1. The van der Waals surface area contributed by atoms with E-state index >= 15 is 0 Å². The average Bonchev–Trinajstić information content (AvgIpc) is 2.04. The van der Waals surface area contributed by atoms with Gasteiger partial charge in [0.1, 0.15) is 5.82 Å². The van der Waals surface area contributed by atoms with Gasteiger partial charge in [0.25, 0.3) is 0 Å². The van der Waals surface area contributed by atoms with E-state index in [1.807, 2.05) is 12.1 Å². The van der Waals surface area contributed by atoms with Crippen molar-refractivity contribution in [3.05, 3.63) is 18.3 Å². The molecule has 58 valence electrons. The van der Waals surface area contributed by atoms with Crippen molar-refractivity contribution in [2.45, 2.75) is 13.0 Å². The number of nitrogens with zero attached hydrogens (tertiary/aromatic N) is 1. The number of hydrogen-bond donors (Lipinski definition) is 2. The Morgan fingerprint density at radius 3 is 3.45 bits per heavy atom. The third kappa shape index (κ3) is 1.13. The molecule has 2 rings (SSSR count). The van der Waals surface area contributed by atoms with Gasteiger partial charge in [0.15, 0.2) is 0 Å². The van der Waals surface area contributed by atoms with Crippen LogP contribution < -0.4 is 10.6 Å². The molecule has 1 aromatic rings. The van der Waals surface area contributed by atoms with Crippen LogP contribution in [0.5, 0.6) is 0 Å². The van der Waals surface area contributed by atoms with Crippen LogP contribution in [0.25, 0.3) is 0 Å². The van der Waals surface area contributed by atoms with E-state index in [1.54, 1.807) is 6.20 Å². The summed E-state index contributed by atoms with van der Waals surface area (Å²) in [6, 6.07) is 4.46. The maximum absolute atomic E-state index is 4.18. The average molecular weight is 149 g/mol. The molecule has 3 nitrogen and oxygen atoms in total. The van der Waals surface area contributed by atoms with E-state index in [1.165, 1.54) is 0 Å². The minimum absolute atomic E-state index is 0.492. The smallest absolute Gasteiger partial charge is 0.149 e. The van der Waals surface area contributed by atoms with E-state index in [0.717, 1.165) is 18.1 Å². The summed E-state index contributed by atoms with van der Waals surface area (Å²) in [5, 5.41) is 6.57. The standard InChI is InChI=1S/C8H11N3/c1-6-5-10-8-7(11-6)3-2-4-9-8/h2-4,6,11H,5H2,1H3,(H,9,10)/t6-/m0/s1. The highest BCUT2D eigenvalue weighted by atomic mass is 15.1. The van der Waals surface area contributed by atoms with Crippen molar-refractivity contribution in [3.63, 3.8) is 0 Å². The molecule has 0 amide bonds. The summed E-state index contributed by atoms with van der Waals surface area (Å²) >= 11 is 0. The van der Waals surface area contributed by atoms with Gasteiger partial charge in [0.2, 0.25) is 0 Å². The minimum atomic E-state index is 0.492. The molecule has 0 saturated heterocycles. The molecule has 2 heterocycles. The van der Waals surface area contributed by atoms with Gasteiger partial charge in [-0.1, -0.05) is 0 Å². The Morgan fingerprint density at radius 2 is 2.55 bits per heavy atom. The summed E-state index contributed by atoms with van der Waals surface area (Å²) in [5.74, 6) is 0.964. The SMILES string of the molecule is C[C@H]1CNc2ncccc2N1. The molecule has 3 heteroatoms. The Hall–Kier alpha value is -1.25. The molecule has 11 heavy (non-hydrogen) atoms. The van der Waals surface area contributed by atoms with Gasteiger partial charge < -0.3 is 10.6 Å². The predicted octanol–water partition coefficient (Wildman–Crippen LogP) is 1.31. The summed E-state index contributed by atoms with van der Waals surface area (Å²) < 4.78 is 0. The molecule has 1 aromatic heterocycles. The van der Waals surface area contributed by atoms with E-state index in [9.17, 15) is 0 Å². The lowest BCUT2D eigenvalue weighted by atomic mass is 10.2.